The minimum Gasteiger partial charge on any atom is -0.465 e. The number of carbonyl (C=O) groups excluding carboxylic acids is 2. The van der Waals surface area contributed by atoms with Crippen LogP contribution in [0.5, 0.6) is 0 Å². The van der Waals surface area contributed by atoms with E-state index in [2.05, 4.69) is 9.72 Å². The average Bonchev–Trinajstić information content (AvgIpc) is 2.53. The van der Waals surface area contributed by atoms with E-state index >= 15 is 0 Å². The molecule has 0 aromatic carbocycles. The molecule has 0 unspecified atom stereocenters. The number of esters is 1. The van der Waals surface area contributed by atoms with Crippen molar-refractivity contribution in [3.63, 3.8) is 0 Å². The van der Waals surface area contributed by atoms with E-state index in [0.717, 1.165) is 0 Å². The van der Waals surface area contributed by atoms with E-state index in [9.17, 15) is 9.59 Å². The number of nitrogens with one attached hydrogen (secondary N) is 2. The molecule has 0 radical (unpaired) electrons. The predicted molar refractivity (Wildman–Crippen MR) is 54.7 cm³/mol. The number of amides is 1. The number of aromatic nitrogens is 1. The van der Waals surface area contributed by atoms with Crippen LogP contribution in [0.2, 0.25) is 0 Å². The second-order valence-corrected chi connectivity index (χ2v) is 3.18. The van der Waals surface area contributed by atoms with Gasteiger partial charge in [-0.1, -0.05) is 0 Å². The van der Waals surface area contributed by atoms with Gasteiger partial charge < -0.3 is 9.72 Å². The van der Waals surface area contributed by atoms with Gasteiger partial charge in [0.1, 0.15) is 0 Å². The smallest absolute Gasteiger partial charge is 0.340 e. The number of rotatable bonds is 2. The molecule has 6 nitrogen and oxygen atoms in total. The fraction of sp³-hybridized carbons (Fsp3) is 0.300. The van der Waals surface area contributed by atoms with Gasteiger partial charge in [-0.15, -0.1) is 0 Å². The number of hydrogen-bond donors (Lipinski definition) is 2. The molecule has 1 amide bonds. The number of aromatic amines is 1. The molecule has 0 bridgehead atoms. The number of hydrogen-bond acceptors (Lipinski definition) is 4. The largest absolute Gasteiger partial charge is 0.465 e. The maximum absolute atomic E-state index is 11.6. The summed E-state index contributed by atoms with van der Waals surface area (Å²) in [5.41, 5.74) is 1.36. The fourth-order valence-corrected chi connectivity index (χ4v) is 1.54. The molecule has 1 aromatic heterocycles. The third-order valence-electron chi connectivity index (χ3n) is 2.16. The molecule has 0 fully saturated rings. The van der Waals surface area contributed by atoms with E-state index < -0.39 is 11.9 Å². The Bertz CT molecular complexity index is 482. The van der Waals surface area contributed by atoms with Crippen LogP contribution in [0.1, 0.15) is 32.1 Å². The quantitative estimate of drug-likeness (QED) is 0.435. The molecule has 1 rings (SSSR count). The first-order valence-corrected chi connectivity index (χ1v) is 4.49. The lowest BCUT2D eigenvalue weighted by atomic mass is 10.1. The molecule has 84 valence electrons. The van der Waals surface area contributed by atoms with Crippen LogP contribution in [-0.4, -0.2) is 24.0 Å². The second kappa shape index (κ2) is 4.49. The number of carbonyl (C=O) groups is 2. The molecular formula is C10H11N3O3. The van der Waals surface area contributed by atoms with E-state index in [1.807, 2.05) is 5.32 Å². The summed E-state index contributed by atoms with van der Waals surface area (Å²) in [6, 6.07) is 0. The van der Waals surface area contributed by atoms with Crippen LogP contribution in [0.4, 0.5) is 0 Å². The number of nitrogens with zero attached hydrogens (tertiary/aromatic N) is 1. The molecule has 0 aliphatic heterocycles. The monoisotopic (exact) mass is 221 g/mol. The molecular weight excluding hydrogens is 210 g/mol. The van der Waals surface area contributed by atoms with Crippen LogP contribution < -0.4 is 5.32 Å². The van der Waals surface area contributed by atoms with Gasteiger partial charge >= 0.3 is 5.97 Å². The minimum absolute atomic E-state index is 0.144. The summed E-state index contributed by atoms with van der Waals surface area (Å²) >= 11 is 0. The highest BCUT2D eigenvalue weighted by Gasteiger charge is 2.24. The van der Waals surface area contributed by atoms with Crippen molar-refractivity contribution in [1.82, 2.24) is 10.3 Å². The van der Waals surface area contributed by atoms with Gasteiger partial charge in [-0.25, -0.2) is 4.79 Å². The third kappa shape index (κ3) is 1.88. The standard InChI is InChI=1S/C10H11N3O3/c1-5-7(9(14)12-4-11)8(6(2)13-5)10(15)16-3/h13H,1-3H3,(H,12,14). The summed E-state index contributed by atoms with van der Waals surface area (Å²) < 4.78 is 4.58. The third-order valence-corrected chi connectivity index (χ3v) is 2.16. The van der Waals surface area contributed by atoms with Crippen LogP contribution in [0, 0.1) is 25.3 Å². The van der Waals surface area contributed by atoms with Crippen LogP contribution in [0.25, 0.3) is 0 Å². The van der Waals surface area contributed by atoms with Crippen LogP contribution in [-0.2, 0) is 4.74 Å². The lowest BCUT2D eigenvalue weighted by molar-refractivity contribution is 0.0596. The zero-order chi connectivity index (χ0) is 12.3. The fourth-order valence-electron chi connectivity index (χ4n) is 1.54. The van der Waals surface area contributed by atoms with Gasteiger partial charge in [0.15, 0.2) is 6.19 Å². The normalized spacial score (nSPS) is 9.38. The molecule has 0 atom stereocenters. The zero-order valence-corrected chi connectivity index (χ0v) is 9.17. The Balaban J connectivity index is 3.32. The first kappa shape index (κ1) is 11.8. The first-order chi connectivity index (χ1) is 7.52. The highest BCUT2D eigenvalue weighted by Crippen LogP contribution is 2.19. The van der Waals surface area contributed by atoms with E-state index in [4.69, 9.17) is 5.26 Å². The van der Waals surface area contributed by atoms with Crippen LogP contribution in [0.3, 0.4) is 0 Å². The molecule has 1 heterocycles. The SMILES string of the molecule is COC(=O)c1c(C)[nH]c(C)c1C(=O)NC#N. The van der Waals surface area contributed by atoms with Crippen molar-refractivity contribution in [3.8, 4) is 6.19 Å². The molecule has 0 saturated heterocycles. The summed E-state index contributed by atoms with van der Waals surface area (Å²) in [4.78, 5) is 25.9. The van der Waals surface area contributed by atoms with E-state index in [0.29, 0.717) is 11.4 Å². The highest BCUT2D eigenvalue weighted by atomic mass is 16.5. The Morgan fingerprint density at radius 2 is 1.88 bits per heavy atom. The summed E-state index contributed by atoms with van der Waals surface area (Å²) in [6.45, 7) is 3.30. The van der Waals surface area contributed by atoms with E-state index in [1.54, 1.807) is 13.8 Å². The van der Waals surface area contributed by atoms with Crippen molar-refractivity contribution < 1.29 is 14.3 Å². The molecule has 0 aliphatic rings. The van der Waals surface area contributed by atoms with Gasteiger partial charge in [-0.3, -0.25) is 10.1 Å². The van der Waals surface area contributed by atoms with Gasteiger partial charge in [-0.2, -0.15) is 5.26 Å². The Morgan fingerprint density at radius 3 is 2.38 bits per heavy atom. The average molecular weight is 221 g/mol. The van der Waals surface area contributed by atoms with Crippen molar-refractivity contribution >= 4 is 11.9 Å². The second-order valence-electron chi connectivity index (χ2n) is 3.18. The van der Waals surface area contributed by atoms with E-state index in [-0.39, 0.29) is 11.1 Å². The summed E-state index contributed by atoms with van der Waals surface area (Å²) in [5, 5.41) is 10.3. The topological polar surface area (TPSA) is 95.0 Å². The van der Waals surface area contributed by atoms with Crippen molar-refractivity contribution in [2.45, 2.75) is 13.8 Å². The number of ether oxygens (including phenoxy) is 1. The zero-order valence-electron chi connectivity index (χ0n) is 9.17. The Labute approximate surface area is 92.2 Å². The van der Waals surface area contributed by atoms with Gasteiger partial charge in [0.2, 0.25) is 0 Å². The molecule has 1 aromatic rings. The van der Waals surface area contributed by atoms with Gasteiger partial charge in [0.25, 0.3) is 5.91 Å². The molecule has 6 heteroatoms. The first-order valence-electron chi connectivity index (χ1n) is 4.49. The molecule has 2 N–H and O–H groups in total. The maximum atomic E-state index is 11.6. The van der Waals surface area contributed by atoms with E-state index in [1.165, 1.54) is 13.3 Å². The summed E-state index contributed by atoms with van der Waals surface area (Å²) in [5.74, 6) is -1.23. The summed E-state index contributed by atoms with van der Waals surface area (Å²) in [6.07, 6.45) is 1.52. The van der Waals surface area contributed by atoms with Crippen molar-refractivity contribution in [1.29, 1.82) is 5.26 Å². The van der Waals surface area contributed by atoms with Crippen molar-refractivity contribution in [3.05, 3.63) is 22.5 Å². The van der Waals surface area contributed by atoms with Crippen molar-refractivity contribution in [2.75, 3.05) is 7.11 Å². The Morgan fingerprint density at radius 1 is 1.31 bits per heavy atom. The maximum Gasteiger partial charge on any atom is 0.340 e. The van der Waals surface area contributed by atoms with Crippen molar-refractivity contribution in [2.24, 2.45) is 0 Å². The van der Waals surface area contributed by atoms with Gasteiger partial charge in [-0.05, 0) is 13.8 Å². The molecule has 0 spiro atoms. The van der Waals surface area contributed by atoms with Crippen LogP contribution >= 0.6 is 0 Å². The molecule has 0 saturated carbocycles. The predicted octanol–water partition coefficient (Wildman–Crippen LogP) is 0.629. The minimum atomic E-state index is -0.621. The number of nitriles is 1. The molecule has 0 aliphatic carbocycles. The number of aryl methyl sites for hydroxylation is 2. The van der Waals surface area contributed by atoms with Gasteiger partial charge in [0.05, 0.1) is 18.2 Å². The molecule has 16 heavy (non-hydrogen) atoms. The number of H-pyrrole nitrogens is 1. The van der Waals surface area contributed by atoms with Gasteiger partial charge in [0, 0.05) is 11.4 Å². The lowest BCUT2D eigenvalue weighted by Crippen LogP contribution is -2.21. The Hall–Kier alpha value is -2.29. The highest BCUT2D eigenvalue weighted by molar-refractivity contribution is 6.07. The lowest BCUT2D eigenvalue weighted by Gasteiger charge is -2.02. The summed E-state index contributed by atoms with van der Waals surface area (Å²) in [7, 11) is 1.23. The Kier molecular flexibility index (Phi) is 3.30. The van der Waals surface area contributed by atoms with Crippen LogP contribution in [0.15, 0.2) is 0 Å². The number of methoxy groups -OCH3 is 1.